The summed E-state index contributed by atoms with van der Waals surface area (Å²) < 4.78 is 24.6. The summed E-state index contributed by atoms with van der Waals surface area (Å²) in [5.41, 5.74) is 0.0891. The quantitative estimate of drug-likeness (QED) is 0.603. The number of hydrogen-bond acceptors (Lipinski definition) is 5. The number of amides is 2. The normalized spacial score (nSPS) is 15.0. The molecule has 2 aromatic rings. The number of nitrogens with one attached hydrogen (secondary N) is 2. The molecule has 1 aliphatic carbocycles. The first-order valence-corrected chi connectivity index (χ1v) is 10.6. The third-order valence-corrected chi connectivity index (χ3v) is 5.79. The Bertz CT molecular complexity index is 1000. The summed E-state index contributed by atoms with van der Waals surface area (Å²) in [6.07, 6.45) is 4.23. The van der Waals surface area contributed by atoms with E-state index < -0.39 is 23.2 Å². The van der Waals surface area contributed by atoms with Crippen LogP contribution in [0.25, 0.3) is 0 Å². The Balaban J connectivity index is 1.83. The van der Waals surface area contributed by atoms with Crippen molar-refractivity contribution in [3.05, 3.63) is 52.8 Å². The van der Waals surface area contributed by atoms with Crippen molar-refractivity contribution in [1.29, 1.82) is 0 Å². The number of halogens is 1. The highest BCUT2D eigenvalue weighted by Crippen LogP contribution is 2.37. The Morgan fingerprint density at radius 3 is 2.38 bits per heavy atom. The van der Waals surface area contributed by atoms with Crippen molar-refractivity contribution in [2.24, 2.45) is 0 Å². The van der Waals surface area contributed by atoms with Gasteiger partial charge in [0.1, 0.15) is 5.82 Å². The number of hydrogen-bond donors (Lipinski definition) is 3. The highest BCUT2D eigenvalue weighted by Gasteiger charge is 2.30. The number of carbonyl (C=O) groups is 2. The minimum atomic E-state index is -0.906. The maximum atomic E-state index is 13.9. The summed E-state index contributed by atoms with van der Waals surface area (Å²) >= 11 is 0. The number of aliphatic hydroxyl groups is 1. The van der Waals surface area contributed by atoms with Gasteiger partial charge >= 0.3 is 0 Å². The van der Waals surface area contributed by atoms with Gasteiger partial charge in [0.2, 0.25) is 0 Å². The average molecular weight is 445 g/mol. The summed E-state index contributed by atoms with van der Waals surface area (Å²) in [4.78, 5) is 25.5. The van der Waals surface area contributed by atoms with Gasteiger partial charge in [-0.3, -0.25) is 9.59 Å². The molecule has 0 spiro atoms. The molecule has 0 atom stereocenters. The van der Waals surface area contributed by atoms with Crippen LogP contribution in [0.3, 0.4) is 0 Å². The average Bonchev–Trinajstić information content (AvgIpc) is 2.79. The zero-order valence-electron chi connectivity index (χ0n) is 18.6. The van der Waals surface area contributed by atoms with E-state index in [0.717, 1.165) is 25.3 Å². The maximum Gasteiger partial charge on any atom is 0.255 e. The van der Waals surface area contributed by atoms with Crippen LogP contribution in [-0.2, 0) is 0 Å². The topological polar surface area (TPSA) is 96.9 Å². The van der Waals surface area contributed by atoms with Gasteiger partial charge < -0.3 is 25.2 Å². The lowest BCUT2D eigenvalue weighted by Crippen LogP contribution is -2.44. The second-order valence-corrected chi connectivity index (χ2v) is 8.15. The van der Waals surface area contributed by atoms with Gasteiger partial charge in [-0.05, 0) is 49.6 Å². The van der Waals surface area contributed by atoms with Crippen molar-refractivity contribution in [3.63, 3.8) is 0 Å². The Kier molecular flexibility index (Phi) is 7.35. The maximum absolute atomic E-state index is 13.9. The zero-order valence-corrected chi connectivity index (χ0v) is 18.6. The number of aryl methyl sites for hydroxylation is 1. The number of rotatable bonds is 7. The van der Waals surface area contributed by atoms with Gasteiger partial charge in [-0.15, -0.1) is 0 Å². The molecule has 0 aliphatic heterocycles. The number of ether oxygens (including phenoxy) is 2. The molecule has 3 rings (SSSR count). The van der Waals surface area contributed by atoms with Crippen LogP contribution in [-0.4, -0.2) is 43.3 Å². The van der Waals surface area contributed by atoms with E-state index >= 15 is 0 Å². The zero-order chi connectivity index (χ0) is 23.3. The minimum Gasteiger partial charge on any atom is -0.493 e. The first-order valence-electron chi connectivity index (χ1n) is 10.6. The van der Waals surface area contributed by atoms with E-state index in [1.165, 1.54) is 38.5 Å². The summed E-state index contributed by atoms with van der Waals surface area (Å²) in [6.45, 7) is 1.75. The van der Waals surface area contributed by atoms with E-state index in [1.54, 1.807) is 6.92 Å². The number of anilines is 1. The summed E-state index contributed by atoms with van der Waals surface area (Å²) in [6, 6.07) is 7.14. The minimum absolute atomic E-state index is 0.128. The molecule has 0 aromatic heterocycles. The Labute approximate surface area is 186 Å². The molecule has 172 valence electrons. The highest BCUT2D eigenvalue weighted by molar-refractivity contribution is 6.06. The fourth-order valence-corrected chi connectivity index (χ4v) is 3.85. The second kappa shape index (κ2) is 9.99. The Hall–Kier alpha value is -3.13. The SMILES string of the molecule is COc1cc(C(=O)NCC2(O)CCCCC2)cc(NC(=O)c2ccc(C)c(F)c2)c1OC. The molecular formula is C24H29FN2O5. The molecule has 3 N–H and O–H groups in total. The van der Waals surface area contributed by atoms with Crippen molar-refractivity contribution < 1.29 is 28.6 Å². The molecule has 2 aromatic carbocycles. The van der Waals surface area contributed by atoms with Gasteiger partial charge in [0, 0.05) is 17.7 Å². The van der Waals surface area contributed by atoms with Gasteiger partial charge in [-0.1, -0.05) is 25.3 Å². The number of benzene rings is 2. The van der Waals surface area contributed by atoms with E-state index in [-0.39, 0.29) is 34.9 Å². The Morgan fingerprint density at radius 1 is 1.03 bits per heavy atom. The van der Waals surface area contributed by atoms with E-state index in [0.29, 0.717) is 18.4 Å². The fourth-order valence-electron chi connectivity index (χ4n) is 3.85. The first kappa shape index (κ1) is 23.5. The molecule has 1 fully saturated rings. The van der Waals surface area contributed by atoms with Crippen LogP contribution in [0.1, 0.15) is 58.4 Å². The molecule has 0 radical (unpaired) electrons. The van der Waals surface area contributed by atoms with Crippen molar-refractivity contribution in [1.82, 2.24) is 5.32 Å². The Morgan fingerprint density at radius 2 is 1.75 bits per heavy atom. The van der Waals surface area contributed by atoms with Gasteiger partial charge in [0.05, 0.1) is 25.5 Å². The third-order valence-electron chi connectivity index (χ3n) is 5.79. The molecule has 8 heteroatoms. The molecule has 1 saturated carbocycles. The van der Waals surface area contributed by atoms with Gasteiger partial charge in [0.25, 0.3) is 11.8 Å². The lowest BCUT2D eigenvalue weighted by molar-refractivity contribution is 0.00525. The van der Waals surface area contributed by atoms with Crippen LogP contribution < -0.4 is 20.1 Å². The third kappa shape index (κ3) is 5.37. The monoisotopic (exact) mass is 444 g/mol. The standard InChI is InChI=1S/C24H29FN2O5/c1-15-7-8-16(11-18(15)25)23(29)27-19-12-17(13-20(31-2)21(19)32-3)22(28)26-14-24(30)9-5-4-6-10-24/h7-8,11-13,30H,4-6,9-10,14H2,1-3H3,(H,26,28)(H,27,29). The molecule has 32 heavy (non-hydrogen) atoms. The largest absolute Gasteiger partial charge is 0.493 e. The van der Waals surface area contributed by atoms with E-state index in [9.17, 15) is 19.1 Å². The molecule has 0 heterocycles. The smallest absolute Gasteiger partial charge is 0.255 e. The highest BCUT2D eigenvalue weighted by atomic mass is 19.1. The van der Waals surface area contributed by atoms with Crippen LogP contribution in [0.5, 0.6) is 11.5 Å². The van der Waals surface area contributed by atoms with Crippen molar-refractivity contribution in [2.45, 2.75) is 44.6 Å². The molecule has 1 aliphatic rings. The molecule has 7 nitrogen and oxygen atoms in total. The number of methoxy groups -OCH3 is 2. The van der Waals surface area contributed by atoms with Gasteiger partial charge in [0.15, 0.2) is 11.5 Å². The van der Waals surface area contributed by atoms with E-state index in [2.05, 4.69) is 10.6 Å². The predicted octanol–water partition coefficient (Wildman–Crippen LogP) is 3.83. The molecule has 0 unspecified atom stereocenters. The van der Waals surface area contributed by atoms with Crippen LogP contribution >= 0.6 is 0 Å². The molecular weight excluding hydrogens is 415 g/mol. The van der Waals surface area contributed by atoms with Crippen LogP contribution in [0.2, 0.25) is 0 Å². The lowest BCUT2D eigenvalue weighted by Gasteiger charge is -2.32. The molecule has 0 bridgehead atoms. The van der Waals surface area contributed by atoms with Crippen LogP contribution in [0.15, 0.2) is 30.3 Å². The van der Waals surface area contributed by atoms with Crippen molar-refractivity contribution in [3.8, 4) is 11.5 Å². The summed E-state index contributed by atoms with van der Waals surface area (Å²) in [5, 5.41) is 16.1. The van der Waals surface area contributed by atoms with Crippen LogP contribution in [0, 0.1) is 12.7 Å². The number of carbonyl (C=O) groups excluding carboxylic acids is 2. The van der Waals surface area contributed by atoms with E-state index in [1.807, 2.05) is 0 Å². The van der Waals surface area contributed by atoms with Crippen molar-refractivity contribution >= 4 is 17.5 Å². The second-order valence-electron chi connectivity index (χ2n) is 8.15. The predicted molar refractivity (Wildman–Crippen MR) is 119 cm³/mol. The molecule has 2 amide bonds. The lowest BCUT2D eigenvalue weighted by atomic mass is 9.85. The summed E-state index contributed by atoms with van der Waals surface area (Å²) in [5.74, 6) is -0.978. The molecule has 0 saturated heterocycles. The van der Waals surface area contributed by atoms with Crippen LogP contribution in [0.4, 0.5) is 10.1 Å². The van der Waals surface area contributed by atoms with E-state index in [4.69, 9.17) is 9.47 Å². The van der Waals surface area contributed by atoms with Gasteiger partial charge in [-0.25, -0.2) is 4.39 Å². The first-order chi connectivity index (χ1) is 15.3. The van der Waals surface area contributed by atoms with Crippen molar-refractivity contribution in [2.75, 3.05) is 26.1 Å². The summed E-state index contributed by atoms with van der Waals surface area (Å²) in [7, 11) is 2.84. The van der Waals surface area contributed by atoms with Gasteiger partial charge in [-0.2, -0.15) is 0 Å². The fraction of sp³-hybridized carbons (Fsp3) is 0.417.